The van der Waals surface area contributed by atoms with Gasteiger partial charge in [0.1, 0.15) is 10.4 Å². The first-order valence-electron chi connectivity index (χ1n) is 11.0. The van der Waals surface area contributed by atoms with E-state index in [4.69, 9.17) is 9.72 Å². The van der Waals surface area contributed by atoms with Crippen LogP contribution in [0.5, 0.6) is 0 Å². The fourth-order valence-corrected chi connectivity index (χ4v) is 5.06. The molecule has 3 atom stereocenters. The zero-order valence-corrected chi connectivity index (χ0v) is 20.0. The number of aromatic nitrogens is 1. The lowest BCUT2D eigenvalue weighted by Gasteiger charge is -2.48. The van der Waals surface area contributed by atoms with Gasteiger partial charge < -0.3 is 9.64 Å². The van der Waals surface area contributed by atoms with Crippen molar-refractivity contribution in [1.29, 1.82) is 0 Å². The fourth-order valence-electron chi connectivity index (χ4n) is 4.17. The van der Waals surface area contributed by atoms with Crippen molar-refractivity contribution in [1.82, 2.24) is 14.8 Å². The average Bonchev–Trinajstić information content (AvgIpc) is 3.14. The third-order valence-corrected chi connectivity index (χ3v) is 6.93. The fraction of sp³-hybridized carbons (Fsp3) is 0.652. The van der Waals surface area contributed by atoms with Gasteiger partial charge >= 0.3 is 6.09 Å². The van der Waals surface area contributed by atoms with E-state index < -0.39 is 12.0 Å². The van der Waals surface area contributed by atoms with Crippen molar-refractivity contribution >= 4 is 27.6 Å². The number of halogens is 2. The van der Waals surface area contributed by atoms with Gasteiger partial charge in [-0.3, -0.25) is 4.90 Å². The number of pyridine rings is 1. The minimum atomic E-state index is -2.48. The number of alkyl halides is 2. The lowest BCUT2D eigenvalue weighted by atomic mass is 9.99. The molecule has 1 aliphatic heterocycles. The molecule has 172 valence electrons. The van der Waals surface area contributed by atoms with Gasteiger partial charge in [0.2, 0.25) is 0 Å². The Kier molecular flexibility index (Phi) is 7.21. The topological polar surface area (TPSA) is 45.7 Å². The van der Waals surface area contributed by atoms with Gasteiger partial charge in [-0.25, -0.2) is 18.6 Å². The highest BCUT2D eigenvalue weighted by Gasteiger charge is 2.39. The van der Waals surface area contributed by atoms with Crippen molar-refractivity contribution in [2.45, 2.75) is 84.5 Å². The van der Waals surface area contributed by atoms with Gasteiger partial charge in [-0.2, -0.15) is 0 Å². The van der Waals surface area contributed by atoms with E-state index in [2.05, 4.69) is 25.7 Å². The second-order valence-corrected chi connectivity index (χ2v) is 10.3. The van der Waals surface area contributed by atoms with E-state index in [0.717, 1.165) is 41.8 Å². The molecule has 8 heteroatoms. The number of hydrogen-bond acceptors (Lipinski definition) is 5. The largest absolute Gasteiger partial charge is 0.444 e. The normalized spacial score (nSPS) is 21.6. The summed E-state index contributed by atoms with van der Waals surface area (Å²) in [7, 11) is 0. The van der Waals surface area contributed by atoms with Crippen LogP contribution < -0.4 is 0 Å². The van der Waals surface area contributed by atoms with Gasteiger partial charge in [-0.1, -0.05) is 19.9 Å². The predicted molar refractivity (Wildman–Crippen MR) is 121 cm³/mol. The van der Waals surface area contributed by atoms with Crippen LogP contribution in [-0.2, 0) is 4.74 Å². The zero-order valence-electron chi connectivity index (χ0n) is 19.2. The summed E-state index contributed by atoms with van der Waals surface area (Å²) in [5.41, 5.74) is 0.340. The van der Waals surface area contributed by atoms with E-state index in [-0.39, 0.29) is 29.1 Å². The van der Waals surface area contributed by atoms with E-state index in [0.29, 0.717) is 11.4 Å². The lowest BCUT2D eigenvalue weighted by Crippen LogP contribution is -2.60. The molecule has 0 spiro atoms. The van der Waals surface area contributed by atoms with Crippen molar-refractivity contribution in [3.8, 4) is 0 Å². The number of carbonyl (C=O) groups is 1. The molecule has 1 unspecified atom stereocenters. The van der Waals surface area contributed by atoms with Gasteiger partial charge in [0.05, 0.1) is 10.6 Å². The van der Waals surface area contributed by atoms with Gasteiger partial charge in [-0.05, 0) is 52.7 Å². The van der Waals surface area contributed by atoms with Crippen LogP contribution in [0, 0.1) is 0 Å². The molecule has 1 aliphatic rings. The molecule has 0 N–H and O–H groups in total. The van der Waals surface area contributed by atoms with Gasteiger partial charge in [0, 0.05) is 36.6 Å². The lowest BCUT2D eigenvalue weighted by molar-refractivity contribution is -0.0272. The Morgan fingerprint density at radius 1 is 1.23 bits per heavy atom. The third-order valence-electron chi connectivity index (χ3n) is 5.87. The molecule has 5 nitrogen and oxygen atoms in total. The minimum Gasteiger partial charge on any atom is -0.444 e. The quantitative estimate of drug-likeness (QED) is 0.525. The number of hydrogen-bond donors (Lipinski definition) is 0. The Hall–Kier alpha value is -1.80. The summed E-state index contributed by atoms with van der Waals surface area (Å²) in [6.45, 7) is 13.3. The number of fused-ring (bicyclic) bond motifs is 1. The molecule has 1 saturated heterocycles. The summed E-state index contributed by atoms with van der Waals surface area (Å²) in [5.74, 6) is 0. The van der Waals surface area contributed by atoms with Crippen LogP contribution in [0.2, 0.25) is 0 Å². The highest BCUT2D eigenvalue weighted by atomic mass is 32.1. The Labute approximate surface area is 187 Å². The highest BCUT2D eigenvalue weighted by Crippen LogP contribution is 2.34. The van der Waals surface area contributed by atoms with Gasteiger partial charge in [-0.15, -0.1) is 11.3 Å². The molecule has 3 heterocycles. The first-order chi connectivity index (χ1) is 14.5. The maximum absolute atomic E-state index is 13.1. The van der Waals surface area contributed by atoms with Gasteiger partial charge in [0.15, 0.2) is 0 Å². The number of rotatable bonds is 5. The molecule has 0 bridgehead atoms. The zero-order chi connectivity index (χ0) is 22.9. The first-order valence-corrected chi connectivity index (χ1v) is 11.8. The smallest absolute Gasteiger partial charge is 0.410 e. The van der Waals surface area contributed by atoms with Crippen molar-refractivity contribution in [2.24, 2.45) is 0 Å². The molecule has 0 aliphatic carbocycles. The summed E-state index contributed by atoms with van der Waals surface area (Å²) in [4.78, 5) is 22.5. The third kappa shape index (κ3) is 5.34. The number of amides is 1. The Bertz CT molecular complexity index is 912. The summed E-state index contributed by atoms with van der Waals surface area (Å²) in [6, 6.07) is 5.57. The van der Waals surface area contributed by atoms with E-state index >= 15 is 0 Å². The second kappa shape index (κ2) is 9.36. The Balaban J connectivity index is 1.83. The van der Waals surface area contributed by atoms with Crippen molar-refractivity contribution < 1.29 is 18.3 Å². The Morgan fingerprint density at radius 3 is 2.48 bits per heavy atom. The van der Waals surface area contributed by atoms with Crippen LogP contribution in [0.4, 0.5) is 13.6 Å². The predicted octanol–water partition coefficient (Wildman–Crippen LogP) is 6.40. The number of ether oxygens (including phenoxy) is 1. The molecule has 0 aromatic carbocycles. The number of carbonyl (C=O) groups excluding carboxylic acids is 1. The Morgan fingerprint density at radius 2 is 1.90 bits per heavy atom. The molecule has 1 fully saturated rings. The van der Waals surface area contributed by atoms with Crippen LogP contribution in [0.15, 0.2) is 18.2 Å². The summed E-state index contributed by atoms with van der Waals surface area (Å²) < 4.78 is 31.8. The summed E-state index contributed by atoms with van der Waals surface area (Å²) >= 11 is 1.06. The van der Waals surface area contributed by atoms with E-state index in [1.807, 2.05) is 37.8 Å². The molecule has 0 radical (unpaired) electrons. The van der Waals surface area contributed by atoms with Crippen LogP contribution >= 0.6 is 11.3 Å². The van der Waals surface area contributed by atoms with Gasteiger partial charge in [0.25, 0.3) is 6.43 Å². The molecular weight excluding hydrogens is 420 g/mol. The molecule has 1 amide bonds. The number of thiophene rings is 1. The molecule has 0 saturated carbocycles. The SMILES string of the molecule is CC[C@H]1CN(C(C)c2ccc3cc(C(F)F)sc3n2)[C@H](CC)CN1C(=O)OC(C)(C)C. The summed E-state index contributed by atoms with van der Waals surface area (Å²) in [6.07, 6.45) is -1.02. The standard InChI is InChI=1S/C23H33F2N3O2S/c1-7-16-13-28(22(29)30-23(4,5)6)17(8-2)12-27(16)14(3)18-10-9-15-11-19(20(24)25)31-21(15)26-18/h9-11,14,16-17,20H,7-8,12-13H2,1-6H3/t14?,16-,17+/m1/s1. The van der Waals surface area contributed by atoms with Crippen LogP contribution in [0.1, 0.15) is 77.4 Å². The minimum absolute atomic E-state index is 0.0151. The highest BCUT2D eigenvalue weighted by molar-refractivity contribution is 7.18. The second-order valence-electron chi connectivity index (χ2n) is 9.21. The first kappa shape index (κ1) is 23.9. The molecule has 2 aromatic heterocycles. The average molecular weight is 454 g/mol. The monoisotopic (exact) mass is 453 g/mol. The van der Waals surface area contributed by atoms with Crippen molar-refractivity contribution in [3.63, 3.8) is 0 Å². The number of nitrogens with zero attached hydrogens (tertiary/aromatic N) is 3. The van der Waals surface area contributed by atoms with E-state index in [9.17, 15) is 13.6 Å². The van der Waals surface area contributed by atoms with Crippen LogP contribution in [-0.4, -0.2) is 51.7 Å². The maximum atomic E-state index is 13.1. The van der Waals surface area contributed by atoms with E-state index in [1.54, 1.807) is 0 Å². The van der Waals surface area contributed by atoms with E-state index in [1.165, 1.54) is 6.07 Å². The molecule has 3 rings (SSSR count). The molecular formula is C23H33F2N3O2S. The van der Waals surface area contributed by atoms with Crippen LogP contribution in [0.3, 0.4) is 0 Å². The molecule has 2 aromatic rings. The summed E-state index contributed by atoms with van der Waals surface area (Å²) in [5, 5.41) is 0.754. The van der Waals surface area contributed by atoms with Crippen molar-refractivity contribution in [3.05, 3.63) is 28.8 Å². The van der Waals surface area contributed by atoms with Crippen molar-refractivity contribution in [2.75, 3.05) is 13.1 Å². The number of piperazine rings is 1. The maximum Gasteiger partial charge on any atom is 0.410 e. The molecule has 31 heavy (non-hydrogen) atoms. The van der Waals surface area contributed by atoms with Crippen LogP contribution in [0.25, 0.3) is 10.2 Å².